The van der Waals surface area contributed by atoms with Crippen LogP contribution in [0.5, 0.6) is 0 Å². The van der Waals surface area contributed by atoms with Crippen LogP contribution in [-0.2, 0) is 4.79 Å². The van der Waals surface area contributed by atoms with E-state index in [4.69, 9.17) is 16.6 Å². The summed E-state index contributed by atoms with van der Waals surface area (Å²) in [4.78, 5) is 9.06. The number of hydrogen-bond donors (Lipinski definition) is 0. The number of aldehydes is 1. The molecule has 0 fully saturated rings. The van der Waals surface area contributed by atoms with Crippen LogP contribution in [0.1, 0.15) is 0 Å². The van der Waals surface area contributed by atoms with Gasteiger partial charge in [-0.05, 0) is 6.08 Å². The molecular weight excluding hydrogens is 78.1 g/mol. The fourth-order valence-corrected chi connectivity index (χ4v) is 0. The third-order valence-electron chi connectivity index (χ3n) is 0.0962. The van der Waals surface area contributed by atoms with Crippen LogP contribution in [-0.4, -0.2) is 6.29 Å². The SMILES string of the molecule is C=CC=O.[C-]#N. The van der Waals surface area contributed by atoms with Crippen molar-refractivity contribution in [3.05, 3.63) is 19.2 Å². The van der Waals surface area contributed by atoms with Gasteiger partial charge in [-0.15, -0.1) is 0 Å². The van der Waals surface area contributed by atoms with E-state index in [2.05, 4.69) is 6.58 Å². The van der Waals surface area contributed by atoms with Crippen molar-refractivity contribution in [2.45, 2.75) is 0 Å². The average Bonchev–Trinajstić information content (AvgIpc) is 1.72. The Morgan fingerprint density at radius 1 is 1.67 bits per heavy atom. The van der Waals surface area contributed by atoms with Gasteiger partial charge in [0.15, 0.2) is 0 Å². The molecule has 32 valence electrons. The van der Waals surface area contributed by atoms with Gasteiger partial charge in [-0.1, -0.05) is 6.58 Å². The minimum absolute atomic E-state index is 0.639. The first-order chi connectivity index (χ1) is 2.91. The Balaban J connectivity index is 0. The van der Waals surface area contributed by atoms with E-state index in [1.165, 1.54) is 6.08 Å². The summed E-state index contributed by atoms with van der Waals surface area (Å²) in [6.45, 7) is 7.86. The smallest absolute Gasteiger partial charge is 0.142 e. The highest BCUT2D eigenvalue weighted by atomic mass is 16.1. The maximum atomic E-state index is 9.06. The van der Waals surface area contributed by atoms with Crippen molar-refractivity contribution < 1.29 is 4.79 Å². The van der Waals surface area contributed by atoms with Gasteiger partial charge in [0.05, 0.1) is 0 Å². The maximum Gasteiger partial charge on any atom is 0.142 e. The predicted molar refractivity (Wildman–Crippen MR) is 21.2 cm³/mol. The molecule has 0 rings (SSSR count). The number of rotatable bonds is 1. The second kappa shape index (κ2) is 40.5. The number of carbonyl (C=O) groups excluding carboxylic acids is 1. The van der Waals surface area contributed by atoms with Crippen molar-refractivity contribution in [1.82, 2.24) is 0 Å². The van der Waals surface area contributed by atoms with Gasteiger partial charge < -0.3 is 11.8 Å². The summed E-state index contributed by atoms with van der Waals surface area (Å²) in [5, 5.41) is 6.25. The van der Waals surface area contributed by atoms with E-state index in [1.807, 2.05) is 0 Å². The molecule has 0 aromatic rings. The Hall–Kier alpha value is -1.10. The standard InChI is InChI=1S/C3H4O.CN/c1-2-3-4;1-2/h2-3H,1H2;/q;-1. The largest absolute Gasteiger partial charge is 0.512 e. The molecule has 0 unspecified atom stereocenters. The summed E-state index contributed by atoms with van der Waals surface area (Å²) in [7, 11) is 0. The summed E-state index contributed by atoms with van der Waals surface area (Å²) in [6.07, 6.45) is 1.83. The highest BCUT2D eigenvalue weighted by molar-refractivity contribution is 5.63. The number of carbonyl (C=O) groups is 1. The monoisotopic (exact) mass is 82.0 g/mol. The lowest BCUT2D eigenvalue weighted by Gasteiger charge is -1.37. The number of hydrogen-bond acceptors (Lipinski definition) is 2. The van der Waals surface area contributed by atoms with E-state index in [0.29, 0.717) is 6.29 Å². The topological polar surface area (TPSA) is 40.9 Å². The van der Waals surface area contributed by atoms with Crippen molar-refractivity contribution in [1.29, 1.82) is 5.26 Å². The van der Waals surface area contributed by atoms with Crippen LogP contribution in [0.25, 0.3) is 0 Å². The first kappa shape index (κ1) is 8.86. The molecule has 0 aliphatic heterocycles. The van der Waals surface area contributed by atoms with Gasteiger partial charge >= 0.3 is 0 Å². The first-order valence-corrected chi connectivity index (χ1v) is 1.20. The molecule has 0 aromatic carbocycles. The Bertz CT molecular complexity index is 49.8. The summed E-state index contributed by atoms with van der Waals surface area (Å²) >= 11 is 0. The molecule has 0 atom stereocenters. The van der Waals surface area contributed by atoms with Crippen LogP contribution >= 0.6 is 0 Å². The molecule has 2 nitrogen and oxygen atoms in total. The van der Waals surface area contributed by atoms with E-state index < -0.39 is 0 Å². The number of allylic oxidation sites excluding steroid dienone is 1. The quantitative estimate of drug-likeness (QED) is 0.262. The molecule has 0 aliphatic carbocycles. The van der Waals surface area contributed by atoms with Gasteiger partial charge in [0.25, 0.3) is 0 Å². The minimum Gasteiger partial charge on any atom is -0.512 e. The van der Waals surface area contributed by atoms with Gasteiger partial charge in [0, 0.05) is 0 Å². The second-order valence-electron chi connectivity index (χ2n) is 0.372. The van der Waals surface area contributed by atoms with Crippen LogP contribution in [0.15, 0.2) is 12.7 Å². The molecule has 0 heterocycles. The van der Waals surface area contributed by atoms with Gasteiger partial charge in [0.1, 0.15) is 6.29 Å². The highest BCUT2D eigenvalue weighted by Crippen LogP contribution is 1.35. The summed E-state index contributed by atoms with van der Waals surface area (Å²) < 4.78 is 0. The molecule has 0 radical (unpaired) electrons. The van der Waals surface area contributed by atoms with Crippen molar-refractivity contribution in [3.8, 4) is 0 Å². The molecule has 0 saturated carbocycles. The minimum atomic E-state index is 0.639. The fourth-order valence-electron chi connectivity index (χ4n) is 0. The summed E-state index contributed by atoms with van der Waals surface area (Å²) in [5.74, 6) is 0. The van der Waals surface area contributed by atoms with Gasteiger partial charge in [-0.25, -0.2) is 0 Å². The molecule has 0 bridgehead atoms. The molecule has 0 saturated heterocycles. The van der Waals surface area contributed by atoms with Crippen LogP contribution < -0.4 is 0 Å². The van der Waals surface area contributed by atoms with Crippen LogP contribution in [0.2, 0.25) is 0 Å². The van der Waals surface area contributed by atoms with E-state index >= 15 is 0 Å². The Labute approximate surface area is 36.7 Å². The van der Waals surface area contributed by atoms with E-state index in [9.17, 15) is 0 Å². The lowest BCUT2D eigenvalue weighted by molar-refractivity contribution is -0.104. The second-order valence-corrected chi connectivity index (χ2v) is 0.372. The molecule has 0 aromatic heterocycles. The highest BCUT2D eigenvalue weighted by Gasteiger charge is 1.38. The lowest BCUT2D eigenvalue weighted by atomic mass is 10.8. The summed E-state index contributed by atoms with van der Waals surface area (Å²) in [5.41, 5.74) is 0. The Morgan fingerprint density at radius 3 is 1.83 bits per heavy atom. The van der Waals surface area contributed by atoms with Crippen molar-refractivity contribution in [3.63, 3.8) is 0 Å². The first-order valence-electron chi connectivity index (χ1n) is 1.20. The molecule has 0 amide bonds. The molecule has 6 heavy (non-hydrogen) atoms. The van der Waals surface area contributed by atoms with Crippen LogP contribution in [0.4, 0.5) is 0 Å². The zero-order valence-electron chi connectivity index (χ0n) is 3.22. The van der Waals surface area contributed by atoms with E-state index in [0.717, 1.165) is 0 Å². The van der Waals surface area contributed by atoms with Gasteiger partial charge in [0.2, 0.25) is 0 Å². The van der Waals surface area contributed by atoms with Crippen LogP contribution in [0, 0.1) is 11.8 Å². The predicted octanol–water partition coefficient (Wildman–Crippen LogP) is 0.468. The Kier molecular flexibility index (Phi) is 59.8. The van der Waals surface area contributed by atoms with Gasteiger partial charge in [-0.2, -0.15) is 0 Å². The van der Waals surface area contributed by atoms with Crippen molar-refractivity contribution in [2.75, 3.05) is 0 Å². The van der Waals surface area contributed by atoms with Gasteiger partial charge in [-0.3, -0.25) is 4.79 Å². The normalized spacial score (nSPS) is 3.67. The lowest BCUT2D eigenvalue weighted by Crippen LogP contribution is -1.44. The molecule has 0 aliphatic rings. The maximum absolute atomic E-state index is 9.06. The fraction of sp³-hybridized carbons (Fsp3) is 0. The van der Waals surface area contributed by atoms with E-state index in [-0.39, 0.29) is 0 Å². The molecule has 0 spiro atoms. The third-order valence-corrected chi connectivity index (χ3v) is 0.0962. The molecule has 0 N–H and O–H groups in total. The van der Waals surface area contributed by atoms with E-state index in [1.54, 1.807) is 0 Å². The number of nitrogens with zero attached hydrogens (tertiary/aromatic N) is 1. The zero-order valence-corrected chi connectivity index (χ0v) is 3.22. The zero-order chi connectivity index (χ0) is 5.41. The molecular formula is C4H4NO-. The molecule has 2 heteroatoms. The van der Waals surface area contributed by atoms with Crippen molar-refractivity contribution >= 4 is 6.29 Å². The van der Waals surface area contributed by atoms with Crippen molar-refractivity contribution in [2.24, 2.45) is 0 Å². The van der Waals surface area contributed by atoms with Crippen LogP contribution in [0.3, 0.4) is 0 Å². The third kappa shape index (κ3) is 1050. The Morgan fingerprint density at radius 2 is 1.83 bits per heavy atom. The summed E-state index contributed by atoms with van der Waals surface area (Å²) in [6, 6.07) is 0. The average molecular weight is 82.1 g/mol.